The number of amides is 1. The van der Waals surface area contributed by atoms with Crippen LogP contribution in [-0.4, -0.2) is 15.7 Å². The molecule has 0 aliphatic carbocycles. The molecule has 0 aliphatic rings. The monoisotopic (exact) mass is 397 g/mol. The first-order valence-corrected chi connectivity index (χ1v) is 8.29. The van der Waals surface area contributed by atoms with E-state index in [2.05, 4.69) is 10.4 Å². The number of halogens is 4. The lowest BCUT2D eigenvalue weighted by molar-refractivity contribution is 0.102. The number of hydrogen-bond acceptors (Lipinski definition) is 2. The van der Waals surface area contributed by atoms with Crippen molar-refractivity contribution in [3.63, 3.8) is 0 Å². The van der Waals surface area contributed by atoms with Gasteiger partial charge in [0, 0.05) is 21.8 Å². The molecule has 1 aromatic heterocycles. The second-order valence-electron chi connectivity index (χ2n) is 5.22. The third kappa shape index (κ3) is 4.31. The summed E-state index contributed by atoms with van der Waals surface area (Å²) in [5.41, 5.74) is 1.11. The minimum atomic E-state index is -0.434. The average Bonchev–Trinajstić information content (AvgIpc) is 2.90. The molecule has 0 aliphatic heterocycles. The Labute approximate surface area is 158 Å². The van der Waals surface area contributed by atoms with E-state index in [1.807, 2.05) is 0 Å². The standard InChI is InChI=1S/C17H11Cl3FN3O/c18-12-4-1-11(14(19)7-12)8-24-9-15(20)16(23-24)22-17(25)10-2-5-13(21)6-3-10/h1-7,9H,8H2,(H,22,23,25). The Morgan fingerprint density at radius 2 is 1.80 bits per heavy atom. The molecule has 0 fully saturated rings. The number of aromatic nitrogens is 2. The predicted molar refractivity (Wildman–Crippen MR) is 97.2 cm³/mol. The van der Waals surface area contributed by atoms with Crippen LogP contribution in [0.3, 0.4) is 0 Å². The van der Waals surface area contributed by atoms with E-state index in [0.29, 0.717) is 22.2 Å². The zero-order valence-corrected chi connectivity index (χ0v) is 14.9. The molecule has 3 aromatic rings. The number of carbonyl (C=O) groups is 1. The summed E-state index contributed by atoms with van der Waals surface area (Å²) < 4.78 is 14.5. The number of nitrogens with zero attached hydrogens (tertiary/aromatic N) is 2. The van der Waals surface area contributed by atoms with Crippen LogP contribution in [0.4, 0.5) is 10.2 Å². The summed E-state index contributed by atoms with van der Waals surface area (Å²) in [5.74, 6) is -0.642. The first kappa shape index (κ1) is 17.7. The molecule has 1 N–H and O–H groups in total. The molecule has 0 spiro atoms. The van der Waals surface area contributed by atoms with E-state index >= 15 is 0 Å². The smallest absolute Gasteiger partial charge is 0.256 e. The molecule has 3 rings (SSSR count). The molecule has 0 saturated heterocycles. The number of anilines is 1. The van der Waals surface area contributed by atoms with E-state index in [1.165, 1.54) is 24.3 Å². The summed E-state index contributed by atoms with van der Waals surface area (Å²) in [6, 6.07) is 10.3. The minimum absolute atomic E-state index is 0.209. The summed E-state index contributed by atoms with van der Waals surface area (Å²) in [4.78, 5) is 12.2. The number of rotatable bonds is 4. The normalized spacial score (nSPS) is 10.7. The first-order valence-electron chi connectivity index (χ1n) is 7.16. The van der Waals surface area contributed by atoms with E-state index in [1.54, 1.807) is 29.1 Å². The van der Waals surface area contributed by atoms with Crippen molar-refractivity contribution in [2.24, 2.45) is 0 Å². The second kappa shape index (κ2) is 7.44. The fraction of sp³-hybridized carbons (Fsp3) is 0.0588. The molecule has 0 radical (unpaired) electrons. The fourth-order valence-corrected chi connectivity index (χ4v) is 2.83. The molecular weight excluding hydrogens is 388 g/mol. The first-order chi connectivity index (χ1) is 11.9. The van der Waals surface area contributed by atoms with Crippen LogP contribution < -0.4 is 5.32 Å². The molecule has 25 heavy (non-hydrogen) atoms. The quantitative estimate of drug-likeness (QED) is 0.649. The summed E-state index contributed by atoms with van der Waals surface area (Å²) >= 11 is 18.1. The van der Waals surface area contributed by atoms with Gasteiger partial charge in [0.05, 0.1) is 6.54 Å². The Balaban J connectivity index is 1.76. The Bertz CT molecular complexity index is 925. The lowest BCUT2D eigenvalue weighted by Crippen LogP contribution is -2.13. The van der Waals surface area contributed by atoms with Crippen LogP contribution in [0.2, 0.25) is 15.1 Å². The van der Waals surface area contributed by atoms with Crippen molar-refractivity contribution in [2.75, 3.05) is 5.32 Å². The van der Waals surface area contributed by atoms with Crippen molar-refractivity contribution in [3.05, 3.63) is 80.7 Å². The van der Waals surface area contributed by atoms with E-state index in [4.69, 9.17) is 34.8 Å². The maximum atomic E-state index is 12.9. The van der Waals surface area contributed by atoms with Crippen LogP contribution >= 0.6 is 34.8 Å². The van der Waals surface area contributed by atoms with Crippen LogP contribution in [0.1, 0.15) is 15.9 Å². The van der Waals surface area contributed by atoms with Gasteiger partial charge in [-0.15, -0.1) is 0 Å². The summed E-state index contributed by atoms with van der Waals surface area (Å²) in [6.07, 6.45) is 1.58. The van der Waals surface area contributed by atoms with Gasteiger partial charge in [0.25, 0.3) is 5.91 Å². The van der Waals surface area contributed by atoms with Crippen LogP contribution in [0, 0.1) is 5.82 Å². The van der Waals surface area contributed by atoms with Gasteiger partial charge >= 0.3 is 0 Å². The maximum absolute atomic E-state index is 12.9. The summed E-state index contributed by atoms with van der Waals surface area (Å²) in [5, 5.41) is 8.16. The van der Waals surface area contributed by atoms with Crippen molar-refractivity contribution < 1.29 is 9.18 Å². The molecule has 1 amide bonds. The largest absolute Gasteiger partial charge is 0.304 e. The van der Waals surface area contributed by atoms with Gasteiger partial charge in [0.15, 0.2) is 5.82 Å². The van der Waals surface area contributed by atoms with Crippen molar-refractivity contribution in [2.45, 2.75) is 6.54 Å². The maximum Gasteiger partial charge on any atom is 0.256 e. The van der Waals surface area contributed by atoms with E-state index < -0.39 is 11.7 Å². The Morgan fingerprint density at radius 3 is 2.48 bits per heavy atom. The van der Waals surface area contributed by atoms with Crippen LogP contribution in [0.25, 0.3) is 0 Å². The number of carbonyl (C=O) groups excluding carboxylic acids is 1. The van der Waals surface area contributed by atoms with Gasteiger partial charge in [-0.3, -0.25) is 9.48 Å². The van der Waals surface area contributed by atoms with Gasteiger partial charge < -0.3 is 5.32 Å². The molecule has 4 nitrogen and oxygen atoms in total. The van der Waals surface area contributed by atoms with E-state index in [9.17, 15) is 9.18 Å². The zero-order chi connectivity index (χ0) is 18.0. The van der Waals surface area contributed by atoms with Crippen molar-refractivity contribution in [1.29, 1.82) is 0 Å². The topological polar surface area (TPSA) is 46.9 Å². The lowest BCUT2D eigenvalue weighted by atomic mass is 10.2. The van der Waals surface area contributed by atoms with Gasteiger partial charge in [-0.2, -0.15) is 5.10 Å². The second-order valence-corrected chi connectivity index (χ2v) is 6.47. The van der Waals surface area contributed by atoms with E-state index in [-0.39, 0.29) is 10.8 Å². The third-order valence-corrected chi connectivity index (χ3v) is 4.27. The summed E-state index contributed by atoms with van der Waals surface area (Å²) in [6.45, 7) is 0.363. The van der Waals surface area contributed by atoms with Gasteiger partial charge in [-0.05, 0) is 42.0 Å². The number of hydrogen-bond donors (Lipinski definition) is 1. The molecule has 2 aromatic carbocycles. The number of nitrogens with one attached hydrogen (secondary N) is 1. The SMILES string of the molecule is O=C(Nc1nn(Cc2ccc(Cl)cc2Cl)cc1Cl)c1ccc(F)cc1. The third-order valence-electron chi connectivity index (χ3n) is 3.40. The minimum Gasteiger partial charge on any atom is -0.304 e. The summed E-state index contributed by atoms with van der Waals surface area (Å²) in [7, 11) is 0. The Hall–Kier alpha value is -2.08. The zero-order valence-electron chi connectivity index (χ0n) is 12.6. The molecule has 0 saturated carbocycles. The highest BCUT2D eigenvalue weighted by molar-refractivity contribution is 6.35. The van der Waals surface area contributed by atoms with Crippen LogP contribution in [0.15, 0.2) is 48.7 Å². The van der Waals surface area contributed by atoms with Gasteiger partial charge in [0.1, 0.15) is 10.8 Å². The Kier molecular flexibility index (Phi) is 5.27. The molecule has 1 heterocycles. The predicted octanol–water partition coefficient (Wildman–Crippen LogP) is 5.28. The molecular formula is C17H11Cl3FN3O. The molecule has 0 bridgehead atoms. The highest BCUT2D eigenvalue weighted by Crippen LogP contribution is 2.24. The average molecular weight is 399 g/mol. The molecule has 0 unspecified atom stereocenters. The van der Waals surface area contributed by atoms with Crippen LogP contribution in [-0.2, 0) is 6.54 Å². The van der Waals surface area contributed by atoms with Crippen LogP contribution in [0.5, 0.6) is 0 Å². The van der Waals surface area contributed by atoms with Gasteiger partial charge in [-0.25, -0.2) is 4.39 Å². The fourth-order valence-electron chi connectivity index (χ4n) is 2.17. The van der Waals surface area contributed by atoms with Crippen molar-refractivity contribution >= 4 is 46.5 Å². The van der Waals surface area contributed by atoms with Gasteiger partial charge in [-0.1, -0.05) is 40.9 Å². The van der Waals surface area contributed by atoms with Crippen molar-refractivity contribution in [1.82, 2.24) is 9.78 Å². The highest BCUT2D eigenvalue weighted by Gasteiger charge is 2.13. The molecule has 8 heteroatoms. The number of benzene rings is 2. The van der Waals surface area contributed by atoms with Gasteiger partial charge in [0.2, 0.25) is 0 Å². The molecule has 0 atom stereocenters. The lowest BCUT2D eigenvalue weighted by Gasteiger charge is -2.05. The molecule has 128 valence electrons. The van der Waals surface area contributed by atoms with E-state index in [0.717, 1.165) is 5.56 Å². The highest BCUT2D eigenvalue weighted by atomic mass is 35.5. The Morgan fingerprint density at radius 1 is 1.08 bits per heavy atom. The van der Waals surface area contributed by atoms with Crippen molar-refractivity contribution in [3.8, 4) is 0 Å².